The van der Waals surface area contributed by atoms with Crippen molar-refractivity contribution in [3.05, 3.63) is 53.3 Å². The van der Waals surface area contributed by atoms with Crippen LogP contribution in [-0.4, -0.2) is 180 Å². The van der Waals surface area contributed by atoms with Gasteiger partial charge in [0.2, 0.25) is 0 Å². The number of hydrogen-bond acceptors (Lipinski definition) is 17. The number of methoxy groups -OCH3 is 1. The number of benzene rings is 1. The fourth-order valence-corrected chi connectivity index (χ4v) is 12.5. The number of thiazole rings is 1. The summed E-state index contributed by atoms with van der Waals surface area (Å²) in [4.78, 5) is 23.5. The Morgan fingerprint density at radius 3 is 2.33 bits per heavy atom. The van der Waals surface area contributed by atoms with Crippen LogP contribution in [0, 0.1) is 23.7 Å². The van der Waals surface area contributed by atoms with Gasteiger partial charge in [-0.05, 0) is 86.7 Å². The maximum absolute atomic E-state index is 14.6. The molecule has 5 N–H and O–H groups in total. The Morgan fingerprint density at radius 1 is 0.957 bits per heavy atom. The molecular weight excluding hydrogens is 917 g/mol. The van der Waals surface area contributed by atoms with E-state index in [1.165, 1.54) is 14.0 Å². The summed E-state index contributed by atoms with van der Waals surface area (Å²) in [5.41, 5.74) is -1.50. The summed E-state index contributed by atoms with van der Waals surface area (Å²) in [7, 11) is 5.36. The molecule has 394 valence electrons. The maximum Gasteiger partial charge on any atom is 0.309 e. The van der Waals surface area contributed by atoms with Crippen LogP contribution < -0.4 is 0 Å². The quantitative estimate of drug-likeness (QED) is 0.146. The molecule has 18 atom stereocenters. The maximum atomic E-state index is 14.6. The van der Waals surface area contributed by atoms with Crippen molar-refractivity contribution in [3.8, 4) is 10.6 Å². The van der Waals surface area contributed by atoms with E-state index in [1.54, 1.807) is 39.0 Å². The minimum atomic E-state index is -1.81. The lowest BCUT2D eigenvalue weighted by Gasteiger charge is -2.51. The molecule has 1 unspecified atom stereocenters. The molecule has 0 radical (unpaired) electrons. The first-order valence-corrected chi connectivity index (χ1v) is 26.3. The summed E-state index contributed by atoms with van der Waals surface area (Å²) >= 11 is 1.63. The van der Waals surface area contributed by atoms with Crippen molar-refractivity contribution in [2.24, 2.45) is 23.7 Å². The van der Waals surface area contributed by atoms with E-state index >= 15 is 0 Å². The van der Waals surface area contributed by atoms with Gasteiger partial charge in [-0.2, -0.15) is 0 Å². The van der Waals surface area contributed by atoms with Gasteiger partial charge in [-0.1, -0.05) is 63.2 Å². The van der Waals surface area contributed by atoms with Crippen LogP contribution in [0.3, 0.4) is 0 Å². The number of aryl methyl sites for hydroxylation is 2. The number of esters is 1. The van der Waals surface area contributed by atoms with Gasteiger partial charge in [-0.25, -0.2) is 4.98 Å². The molecular formula is C52H84N6O11S. The number of aliphatic hydroxyl groups excluding tert-OH is 3. The van der Waals surface area contributed by atoms with Gasteiger partial charge in [-0.15, -0.1) is 16.4 Å². The predicted octanol–water partition coefficient (Wildman–Crippen LogP) is 4.74. The largest absolute Gasteiger partial charge is 0.459 e. The van der Waals surface area contributed by atoms with Gasteiger partial charge in [-0.3, -0.25) is 9.48 Å². The molecule has 1 aromatic carbocycles. The Hall–Kier alpha value is -2.98. The van der Waals surface area contributed by atoms with E-state index in [0.29, 0.717) is 32.5 Å². The first-order valence-electron chi connectivity index (χ1n) is 25.4. The van der Waals surface area contributed by atoms with Crippen LogP contribution >= 0.6 is 11.3 Å². The van der Waals surface area contributed by atoms with Gasteiger partial charge in [0.05, 0.1) is 52.9 Å². The first kappa shape index (κ1) is 56.3. The molecule has 17 nitrogen and oxygen atoms in total. The lowest BCUT2D eigenvalue weighted by Crippen LogP contribution is -2.62. The molecule has 0 spiro atoms. The molecule has 0 saturated carbocycles. The second-order valence-electron chi connectivity index (χ2n) is 21.8. The minimum Gasteiger partial charge on any atom is -0.459 e. The predicted molar refractivity (Wildman–Crippen MR) is 267 cm³/mol. The summed E-state index contributed by atoms with van der Waals surface area (Å²) in [5, 5.41) is 72.0. The molecule has 3 aliphatic rings. The third-order valence-corrected chi connectivity index (χ3v) is 16.9. The summed E-state index contributed by atoms with van der Waals surface area (Å²) in [6, 6.07) is 9.21. The summed E-state index contributed by atoms with van der Waals surface area (Å²) in [5.74, 6) is -3.09. The monoisotopic (exact) mass is 1000 g/mol. The van der Waals surface area contributed by atoms with Gasteiger partial charge in [0.25, 0.3) is 0 Å². The van der Waals surface area contributed by atoms with Crippen molar-refractivity contribution < 1.29 is 54.0 Å². The molecule has 70 heavy (non-hydrogen) atoms. The average molecular weight is 1000 g/mol. The average Bonchev–Trinajstić information content (AvgIpc) is 4.00. The number of rotatable bonds is 13. The zero-order chi connectivity index (χ0) is 51.5. The second kappa shape index (κ2) is 23.5. The molecule has 0 aliphatic carbocycles. The summed E-state index contributed by atoms with van der Waals surface area (Å²) in [6.45, 7) is 19.7. The van der Waals surface area contributed by atoms with Gasteiger partial charge in [0.15, 0.2) is 6.29 Å². The van der Waals surface area contributed by atoms with Crippen LogP contribution in [0.25, 0.3) is 10.6 Å². The second-order valence-corrected chi connectivity index (χ2v) is 22.6. The minimum absolute atomic E-state index is 0.163. The van der Waals surface area contributed by atoms with Crippen LogP contribution in [0.1, 0.15) is 106 Å². The number of ether oxygens (including phenoxy) is 5. The van der Waals surface area contributed by atoms with Crippen LogP contribution in [-0.2, 0) is 47.9 Å². The van der Waals surface area contributed by atoms with Crippen molar-refractivity contribution in [2.75, 3.05) is 34.3 Å². The molecule has 0 amide bonds. The summed E-state index contributed by atoms with van der Waals surface area (Å²) in [6.07, 6.45) is -3.94. The number of aromatic nitrogens is 4. The molecule has 3 fully saturated rings. The van der Waals surface area contributed by atoms with E-state index in [1.807, 2.05) is 82.7 Å². The third kappa shape index (κ3) is 12.8. The van der Waals surface area contributed by atoms with E-state index in [4.69, 9.17) is 28.7 Å². The number of nitrogens with zero attached hydrogens (tertiary/aromatic N) is 6. The highest BCUT2D eigenvalue weighted by atomic mass is 32.1. The molecule has 3 aromatic rings. The van der Waals surface area contributed by atoms with Crippen molar-refractivity contribution in [1.29, 1.82) is 0 Å². The SMILES string of the molecule is CC[C@H]1OC(=O)[C@H](C)[C@@H](C2C[C@@](C)(OC)[C@@H](O)[C@H](C)O2)[C@H](C)[C@@H](O[C@@H]2O[C@H](C)C[C@H](N(C)CCc3cn(CCc4csc(-c5ccccc5)n4)nn3)[C@H]2O)[C@](C)(O)C[C@@H](C)CN(C)[C@H](C)[C@@H](O)[C@]1(C)O. The van der Waals surface area contributed by atoms with Gasteiger partial charge >= 0.3 is 5.97 Å². The van der Waals surface area contributed by atoms with Gasteiger partial charge in [0.1, 0.15) is 35.0 Å². The highest BCUT2D eigenvalue weighted by Crippen LogP contribution is 2.45. The normalized spacial score (nSPS) is 39.9. The Kier molecular flexibility index (Phi) is 18.9. The lowest BCUT2D eigenvalue weighted by atomic mass is 9.68. The fraction of sp³-hybridized carbons (Fsp3) is 0.769. The topological polar surface area (TPSA) is 214 Å². The van der Waals surface area contributed by atoms with E-state index in [9.17, 15) is 30.3 Å². The number of carbonyl (C=O) groups excluding carboxylic acids is 1. The van der Waals surface area contributed by atoms with E-state index in [0.717, 1.165) is 28.4 Å². The Morgan fingerprint density at radius 2 is 1.66 bits per heavy atom. The zero-order valence-corrected chi connectivity index (χ0v) is 44.7. The van der Waals surface area contributed by atoms with E-state index in [-0.39, 0.29) is 37.3 Å². The fourth-order valence-electron chi connectivity index (χ4n) is 11.6. The van der Waals surface area contributed by atoms with Crippen molar-refractivity contribution in [1.82, 2.24) is 29.8 Å². The number of hydrogen-bond donors (Lipinski definition) is 5. The third-order valence-electron chi connectivity index (χ3n) is 15.9. The van der Waals surface area contributed by atoms with Crippen molar-refractivity contribution in [2.45, 2.75) is 198 Å². The number of likely N-dealkylation sites (N-methyl/N-ethyl adjacent to an activating group) is 2. The molecule has 6 rings (SSSR count). The lowest BCUT2D eigenvalue weighted by molar-refractivity contribution is -0.302. The summed E-state index contributed by atoms with van der Waals surface area (Å²) < 4.78 is 34.1. The molecule has 0 bridgehead atoms. The van der Waals surface area contributed by atoms with Gasteiger partial charge < -0.3 is 59.0 Å². The van der Waals surface area contributed by atoms with Gasteiger partial charge in [0, 0.05) is 81.1 Å². The molecule has 2 aromatic heterocycles. The smallest absolute Gasteiger partial charge is 0.309 e. The highest BCUT2D eigenvalue weighted by Gasteiger charge is 2.55. The van der Waals surface area contributed by atoms with Crippen molar-refractivity contribution >= 4 is 17.3 Å². The Balaban J connectivity index is 1.25. The van der Waals surface area contributed by atoms with Crippen molar-refractivity contribution in [3.63, 3.8) is 0 Å². The molecule has 18 heteroatoms. The molecule has 3 aliphatic heterocycles. The highest BCUT2D eigenvalue weighted by molar-refractivity contribution is 7.13. The molecule has 3 saturated heterocycles. The zero-order valence-electron chi connectivity index (χ0n) is 43.8. The number of carbonyl (C=O) groups is 1. The Labute approximate surface area is 419 Å². The number of cyclic esters (lactones) is 1. The standard InChI is InChI=1S/C52H84N6O11S/c1-14-41-52(10,64)44(60)34(6)57(12)27-30(2)25-50(8,63)46(32(4)42(33(5)48(62)68-41)40-26-51(9,65-13)45(61)35(7)67-40)69-49-43(59)39(24-31(3)66-49)56(11)22-20-37-28-58(55-54-37)23-21-38-29-70-47(53-38)36-18-16-15-17-19-36/h15-19,28-35,39-46,49,59-61,63-64H,14,20-27H2,1-13H3/t30-,31-,32+,33-,34-,35+,39+,40?,41-,42+,43-,44-,45+,46-,49+,50-,51-,52-/m1/s1. The van der Waals surface area contributed by atoms with Crippen LogP contribution in [0.2, 0.25) is 0 Å². The van der Waals surface area contributed by atoms with E-state index in [2.05, 4.69) is 32.7 Å². The van der Waals surface area contributed by atoms with Crippen LogP contribution in [0.15, 0.2) is 41.9 Å². The van der Waals surface area contributed by atoms with E-state index < -0.39 is 95.6 Å². The van der Waals surface area contributed by atoms with Crippen LogP contribution in [0.4, 0.5) is 0 Å². The Bertz CT molecular complexity index is 2110. The number of aliphatic hydroxyl groups is 5. The van der Waals surface area contributed by atoms with Crippen LogP contribution in [0.5, 0.6) is 0 Å². The first-order chi connectivity index (χ1) is 32.9. The molecule has 5 heterocycles.